The summed E-state index contributed by atoms with van der Waals surface area (Å²) in [7, 11) is 0. The van der Waals surface area contributed by atoms with Crippen LogP contribution < -0.4 is 0 Å². The van der Waals surface area contributed by atoms with Crippen molar-refractivity contribution >= 4 is 11.5 Å². The number of aryl methyl sites for hydroxylation is 1. The summed E-state index contributed by atoms with van der Waals surface area (Å²) in [5.74, 6) is -0.813. The number of hydrogen-bond acceptors (Lipinski definition) is 8. The van der Waals surface area contributed by atoms with Crippen LogP contribution in [0.25, 0.3) is 11.4 Å². The first-order valence-corrected chi connectivity index (χ1v) is 4.19. The molecule has 0 atom stereocenters. The minimum atomic E-state index is -0.933. The fourth-order valence-electron chi connectivity index (χ4n) is 1.24. The maximum atomic E-state index is 10.8. The van der Waals surface area contributed by atoms with Crippen molar-refractivity contribution in [3.05, 3.63) is 25.9 Å². The van der Waals surface area contributed by atoms with Crippen LogP contribution in [0.2, 0.25) is 0 Å². The van der Waals surface area contributed by atoms with E-state index in [0.717, 1.165) is 0 Å². The number of nitro groups is 2. The third-order valence-corrected chi connectivity index (χ3v) is 1.96. The van der Waals surface area contributed by atoms with E-state index in [9.17, 15) is 20.2 Å². The number of aromatic amines is 1. The van der Waals surface area contributed by atoms with Crippen molar-refractivity contribution in [2.24, 2.45) is 0 Å². The first kappa shape index (κ1) is 10.7. The van der Waals surface area contributed by atoms with Crippen molar-refractivity contribution in [3.63, 3.8) is 0 Å². The number of H-pyrrole nitrogens is 1. The molecule has 2 rings (SSSR count). The van der Waals surface area contributed by atoms with E-state index >= 15 is 0 Å². The van der Waals surface area contributed by atoms with Crippen LogP contribution >= 0.6 is 0 Å². The average Bonchev–Trinajstić information content (AvgIpc) is 2.82. The van der Waals surface area contributed by atoms with Gasteiger partial charge in [0.1, 0.15) is 5.69 Å². The number of hydrogen-bond donors (Lipinski definition) is 1. The number of nitrogens with zero attached hydrogens (tertiary/aromatic N) is 5. The van der Waals surface area contributed by atoms with E-state index in [1.807, 2.05) is 5.10 Å². The molecular weight excluding hydrogens is 236 g/mol. The Bertz CT molecular complexity index is 600. The van der Waals surface area contributed by atoms with Crippen molar-refractivity contribution in [1.82, 2.24) is 20.5 Å². The Kier molecular flexibility index (Phi) is 2.27. The van der Waals surface area contributed by atoms with E-state index in [1.54, 1.807) is 0 Å². The molecule has 0 spiro atoms. The standard InChI is InChI=1S/C6H4N6O5/c1-2-3(10-17-9-2)4-5(11(13)14)6(8-7-4)12(15)16/h1H3,(H,7,8). The molecule has 11 nitrogen and oxygen atoms in total. The Morgan fingerprint density at radius 3 is 2.35 bits per heavy atom. The van der Waals surface area contributed by atoms with E-state index < -0.39 is 21.4 Å². The lowest BCUT2D eigenvalue weighted by atomic mass is 10.2. The lowest BCUT2D eigenvalue weighted by Crippen LogP contribution is -1.96. The van der Waals surface area contributed by atoms with Gasteiger partial charge in [0.05, 0.1) is 4.92 Å². The molecule has 0 unspecified atom stereocenters. The second kappa shape index (κ2) is 3.62. The van der Waals surface area contributed by atoms with E-state index in [-0.39, 0.29) is 17.1 Å². The van der Waals surface area contributed by atoms with Gasteiger partial charge in [-0.2, -0.15) is 0 Å². The van der Waals surface area contributed by atoms with E-state index in [2.05, 4.69) is 20.0 Å². The summed E-state index contributed by atoms with van der Waals surface area (Å²) in [6.07, 6.45) is 0. The van der Waals surface area contributed by atoms with E-state index in [4.69, 9.17) is 0 Å². The van der Waals surface area contributed by atoms with Gasteiger partial charge in [0, 0.05) is 0 Å². The van der Waals surface area contributed by atoms with Crippen LogP contribution in [0, 0.1) is 27.2 Å². The summed E-state index contributed by atoms with van der Waals surface area (Å²) < 4.78 is 4.36. The van der Waals surface area contributed by atoms with Gasteiger partial charge in [-0.1, -0.05) is 10.3 Å². The molecule has 0 aliphatic rings. The molecule has 0 amide bonds. The van der Waals surface area contributed by atoms with Crippen molar-refractivity contribution in [2.45, 2.75) is 6.92 Å². The molecule has 0 fully saturated rings. The Balaban J connectivity index is 2.68. The molecule has 0 saturated carbocycles. The molecule has 0 aliphatic heterocycles. The zero-order chi connectivity index (χ0) is 12.6. The third-order valence-electron chi connectivity index (χ3n) is 1.96. The molecule has 2 aromatic heterocycles. The second-order valence-electron chi connectivity index (χ2n) is 2.98. The average molecular weight is 240 g/mol. The van der Waals surface area contributed by atoms with Crippen molar-refractivity contribution in [3.8, 4) is 11.4 Å². The molecule has 0 bridgehead atoms. The summed E-state index contributed by atoms with van der Waals surface area (Å²) in [6.45, 7) is 1.48. The topological polar surface area (TPSA) is 154 Å². The fraction of sp³-hybridized carbons (Fsp3) is 0.167. The molecule has 0 aromatic carbocycles. The first-order valence-electron chi connectivity index (χ1n) is 4.19. The van der Waals surface area contributed by atoms with Gasteiger partial charge in [-0.05, 0) is 17.0 Å². The van der Waals surface area contributed by atoms with Gasteiger partial charge in [0.25, 0.3) is 0 Å². The van der Waals surface area contributed by atoms with Crippen LogP contribution in [0.5, 0.6) is 0 Å². The van der Waals surface area contributed by atoms with E-state index in [0.29, 0.717) is 0 Å². The zero-order valence-corrected chi connectivity index (χ0v) is 8.28. The highest BCUT2D eigenvalue weighted by atomic mass is 16.6. The normalized spacial score (nSPS) is 10.4. The number of rotatable bonds is 3. The minimum absolute atomic E-state index is 0.0129. The van der Waals surface area contributed by atoms with Crippen LogP contribution in [-0.4, -0.2) is 30.4 Å². The third kappa shape index (κ3) is 1.58. The number of nitrogens with one attached hydrogen (secondary N) is 1. The lowest BCUT2D eigenvalue weighted by Gasteiger charge is -1.90. The molecule has 1 N–H and O–H groups in total. The molecule has 0 aliphatic carbocycles. The SMILES string of the molecule is Cc1nonc1-c1n[nH]c([N+](=O)[O-])c1[N+](=O)[O-]. The van der Waals surface area contributed by atoms with Crippen LogP contribution in [0.4, 0.5) is 11.5 Å². The predicted octanol–water partition coefficient (Wildman–Crippen LogP) is 0.585. The summed E-state index contributed by atoms with van der Waals surface area (Å²) in [5, 5.41) is 33.6. The van der Waals surface area contributed by atoms with Gasteiger partial charge in [0.2, 0.25) is 5.69 Å². The van der Waals surface area contributed by atoms with Gasteiger partial charge < -0.3 is 10.1 Å². The summed E-state index contributed by atoms with van der Waals surface area (Å²) in [6, 6.07) is 0. The summed E-state index contributed by atoms with van der Waals surface area (Å²) in [5.41, 5.74) is -0.815. The Morgan fingerprint density at radius 1 is 1.18 bits per heavy atom. The van der Waals surface area contributed by atoms with Gasteiger partial charge in [0.15, 0.2) is 5.69 Å². The summed E-state index contributed by atoms with van der Waals surface area (Å²) >= 11 is 0. The smallest absolute Gasteiger partial charge is 0.358 e. The Labute approximate surface area is 91.7 Å². The Morgan fingerprint density at radius 2 is 1.88 bits per heavy atom. The van der Waals surface area contributed by atoms with Crippen LogP contribution in [0.3, 0.4) is 0 Å². The van der Waals surface area contributed by atoms with Gasteiger partial charge in [-0.25, -0.2) is 4.63 Å². The molecule has 2 aromatic rings. The van der Waals surface area contributed by atoms with Crippen LogP contribution in [-0.2, 0) is 0 Å². The lowest BCUT2D eigenvalue weighted by molar-refractivity contribution is -0.424. The monoisotopic (exact) mass is 240 g/mol. The Hall–Kier alpha value is -2.85. The van der Waals surface area contributed by atoms with Crippen molar-refractivity contribution in [1.29, 1.82) is 0 Å². The molecule has 88 valence electrons. The largest absolute Gasteiger partial charge is 0.422 e. The van der Waals surface area contributed by atoms with Gasteiger partial charge in [-0.15, -0.1) is 5.10 Å². The number of aromatic nitrogens is 4. The molecule has 11 heteroatoms. The van der Waals surface area contributed by atoms with Gasteiger partial charge in [-0.3, -0.25) is 10.1 Å². The van der Waals surface area contributed by atoms with Crippen LogP contribution in [0.1, 0.15) is 5.69 Å². The molecule has 17 heavy (non-hydrogen) atoms. The summed E-state index contributed by atoms with van der Waals surface area (Å²) in [4.78, 5) is 19.5. The highest BCUT2D eigenvalue weighted by Crippen LogP contribution is 2.34. The second-order valence-corrected chi connectivity index (χ2v) is 2.98. The maximum absolute atomic E-state index is 10.8. The van der Waals surface area contributed by atoms with Crippen molar-refractivity contribution < 1.29 is 14.5 Å². The van der Waals surface area contributed by atoms with Crippen LogP contribution in [0.15, 0.2) is 4.63 Å². The highest BCUT2D eigenvalue weighted by molar-refractivity contribution is 5.72. The fourth-order valence-corrected chi connectivity index (χ4v) is 1.24. The molecule has 0 saturated heterocycles. The van der Waals surface area contributed by atoms with E-state index in [1.165, 1.54) is 6.92 Å². The minimum Gasteiger partial charge on any atom is -0.358 e. The van der Waals surface area contributed by atoms with Gasteiger partial charge >= 0.3 is 11.5 Å². The highest BCUT2D eigenvalue weighted by Gasteiger charge is 2.36. The maximum Gasteiger partial charge on any atom is 0.422 e. The molecule has 2 heterocycles. The molecular formula is C6H4N6O5. The molecule has 0 radical (unpaired) electrons. The first-order chi connectivity index (χ1) is 8.02. The zero-order valence-electron chi connectivity index (χ0n) is 8.28. The quantitative estimate of drug-likeness (QED) is 0.603. The predicted molar refractivity (Wildman–Crippen MR) is 49.9 cm³/mol. The van der Waals surface area contributed by atoms with Crippen molar-refractivity contribution in [2.75, 3.05) is 0 Å².